The smallest absolute Gasteiger partial charge is 0.245 e. The van der Waals surface area contributed by atoms with Crippen LogP contribution in [-0.4, -0.2) is 33.8 Å². The number of H-pyrrole nitrogens is 1. The standard InChI is InChI=1S/C15H27N5/c1-10-5-7-12(8-6-10)14-17-15(19-18-14)20-9-3-4-13(16)11(20)2/h10-13H,3-9,16H2,1-2H3,(H,17,18,19). The van der Waals surface area contributed by atoms with Gasteiger partial charge in [-0.25, -0.2) is 0 Å². The molecule has 0 spiro atoms. The Balaban J connectivity index is 1.70. The van der Waals surface area contributed by atoms with Gasteiger partial charge in [-0.05, 0) is 38.5 Å². The van der Waals surface area contributed by atoms with Crippen molar-refractivity contribution in [3.8, 4) is 0 Å². The van der Waals surface area contributed by atoms with Gasteiger partial charge in [0.2, 0.25) is 5.95 Å². The Bertz CT molecular complexity index is 435. The lowest BCUT2D eigenvalue weighted by molar-refractivity contribution is 0.340. The highest BCUT2D eigenvalue weighted by Gasteiger charge is 2.29. The summed E-state index contributed by atoms with van der Waals surface area (Å²) < 4.78 is 0. The molecule has 2 aliphatic rings. The van der Waals surface area contributed by atoms with Crippen LogP contribution >= 0.6 is 0 Å². The van der Waals surface area contributed by atoms with E-state index in [4.69, 9.17) is 10.7 Å². The zero-order valence-electron chi connectivity index (χ0n) is 12.7. The highest BCUT2D eigenvalue weighted by molar-refractivity contribution is 5.32. The Morgan fingerprint density at radius 2 is 1.90 bits per heavy atom. The third-order valence-electron chi connectivity index (χ3n) is 5.20. The maximum Gasteiger partial charge on any atom is 0.245 e. The molecule has 0 radical (unpaired) electrons. The van der Waals surface area contributed by atoms with Crippen LogP contribution in [0.1, 0.15) is 64.1 Å². The average molecular weight is 277 g/mol. The average Bonchev–Trinajstić information content (AvgIpc) is 2.92. The van der Waals surface area contributed by atoms with E-state index in [1.807, 2.05) is 0 Å². The second-order valence-corrected chi connectivity index (χ2v) is 6.72. The maximum atomic E-state index is 6.16. The number of hydrogen-bond acceptors (Lipinski definition) is 4. The molecule has 2 heterocycles. The first-order valence-electron chi connectivity index (χ1n) is 8.09. The molecule has 3 rings (SSSR count). The van der Waals surface area contributed by atoms with Crippen LogP contribution < -0.4 is 10.6 Å². The van der Waals surface area contributed by atoms with Crippen LogP contribution in [0.25, 0.3) is 0 Å². The van der Waals surface area contributed by atoms with Crippen molar-refractivity contribution >= 4 is 5.95 Å². The Labute approximate surface area is 121 Å². The lowest BCUT2D eigenvalue weighted by Crippen LogP contribution is -2.51. The third kappa shape index (κ3) is 2.68. The minimum atomic E-state index is 0.237. The molecule has 1 aliphatic heterocycles. The molecule has 0 amide bonds. The zero-order chi connectivity index (χ0) is 14.1. The van der Waals surface area contributed by atoms with Gasteiger partial charge in [-0.15, -0.1) is 5.10 Å². The monoisotopic (exact) mass is 277 g/mol. The molecule has 1 saturated carbocycles. The number of nitrogens with two attached hydrogens (primary N) is 1. The van der Waals surface area contributed by atoms with Crippen LogP contribution in [0.4, 0.5) is 5.95 Å². The molecule has 0 aromatic carbocycles. The van der Waals surface area contributed by atoms with Crippen LogP contribution in [0, 0.1) is 5.92 Å². The number of piperidine rings is 1. The maximum absolute atomic E-state index is 6.16. The van der Waals surface area contributed by atoms with Crippen molar-refractivity contribution in [2.24, 2.45) is 11.7 Å². The van der Waals surface area contributed by atoms with E-state index in [-0.39, 0.29) is 6.04 Å². The number of rotatable bonds is 2. The molecular weight excluding hydrogens is 250 g/mol. The van der Waals surface area contributed by atoms with Crippen molar-refractivity contribution < 1.29 is 0 Å². The minimum Gasteiger partial charge on any atom is -0.335 e. The van der Waals surface area contributed by atoms with E-state index in [9.17, 15) is 0 Å². The fraction of sp³-hybridized carbons (Fsp3) is 0.867. The summed E-state index contributed by atoms with van der Waals surface area (Å²) in [7, 11) is 0. The molecule has 2 fully saturated rings. The van der Waals surface area contributed by atoms with Crippen LogP contribution in [0.2, 0.25) is 0 Å². The molecule has 2 unspecified atom stereocenters. The van der Waals surface area contributed by atoms with Gasteiger partial charge in [-0.1, -0.05) is 19.8 Å². The SMILES string of the molecule is CC1CCC(c2nc(N3CCCC(N)C3C)n[nH]2)CC1. The summed E-state index contributed by atoms with van der Waals surface area (Å²) in [5.74, 6) is 3.37. The first-order chi connectivity index (χ1) is 9.65. The molecule has 20 heavy (non-hydrogen) atoms. The van der Waals surface area contributed by atoms with Crippen molar-refractivity contribution in [1.29, 1.82) is 0 Å². The van der Waals surface area contributed by atoms with Gasteiger partial charge in [0.1, 0.15) is 5.82 Å². The van der Waals surface area contributed by atoms with Gasteiger partial charge in [-0.3, -0.25) is 5.10 Å². The Morgan fingerprint density at radius 3 is 2.65 bits per heavy atom. The summed E-state index contributed by atoms with van der Waals surface area (Å²) in [6, 6.07) is 0.569. The highest BCUT2D eigenvalue weighted by Crippen LogP contribution is 2.34. The summed E-state index contributed by atoms with van der Waals surface area (Å²) >= 11 is 0. The number of anilines is 1. The van der Waals surface area contributed by atoms with E-state index >= 15 is 0 Å². The molecule has 1 aliphatic carbocycles. The normalized spacial score (nSPS) is 35.2. The summed E-state index contributed by atoms with van der Waals surface area (Å²) in [5, 5.41) is 7.63. The van der Waals surface area contributed by atoms with Crippen molar-refractivity contribution in [2.75, 3.05) is 11.4 Å². The molecule has 0 bridgehead atoms. The fourth-order valence-electron chi connectivity index (χ4n) is 3.56. The zero-order valence-corrected chi connectivity index (χ0v) is 12.7. The summed E-state index contributed by atoms with van der Waals surface area (Å²) in [5.41, 5.74) is 6.16. The highest BCUT2D eigenvalue weighted by atomic mass is 15.4. The van der Waals surface area contributed by atoms with E-state index in [1.54, 1.807) is 0 Å². The van der Waals surface area contributed by atoms with Gasteiger partial charge in [0.25, 0.3) is 0 Å². The number of hydrogen-bond donors (Lipinski definition) is 2. The second-order valence-electron chi connectivity index (χ2n) is 6.72. The number of aromatic nitrogens is 3. The molecule has 5 nitrogen and oxygen atoms in total. The fourth-order valence-corrected chi connectivity index (χ4v) is 3.56. The molecule has 1 saturated heterocycles. The lowest BCUT2D eigenvalue weighted by atomic mass is 9.83. The number of nitrogens with zero attached hydrogens (tertiary/aromatic N) is 3. The molecule has 3 N–H and O–H groups in total. The number of nitrogens with one attached hydrogen (secondary N) is 1. The topological polar surface area (TPSA) is 70.8 Å². The Hall–Kier alpha value is -1.10. The van der Waals surface area contributed by atoms with Crippen LogP contribution in [0.15, 0.2) is 0 Å². The molecule has 1 aromatic rings. The van der Waals surface area contributed by atoms with E-state index < -0.39 is 0 Å². The largest absolute Gasteiger partial charge is 0.335 e. The predicted octanol–water partition coefficient (Wildman–Crippen LogP) is 2.41. The predicted molar refractivity (Wildman–Crippen MR) is 80.8 cm³/mol. The van der Waals surface area contributed by atoms with Crippen molar-refractivity contribution in [1.82, 2.24) is 15.2 Å². The van der Waals surface area contributed by atoms with Crippen LogP contribution in [-0.2, 0) is 0 Å². The molecule has 112 valence electrons. The van der Waals surface area contributed by atoms with Crippen molar-refractivity contribution in [3.63, 3.8) is 0 Å². The van der Waals surface area contributed by atoms with E-state index in [0.717, 1.165) is 37.1 Å². The third-order valence-corrected chi connectivity index (χ3v) is 5.20. The van der Waals surface area contributed by atoms with Gasteiger partial charge in [0.15, 0.2) is 0 Å². The van der Waals surface area contributed by atoms with E-state index in [2.05, 4.69) is 28.9 Å². The summed E-state index contributed by atoms with van der Waals surface area (Å²) in [6.45, 7) is 5.55. The number of aromatic amines is 1. The minimum absolute atomic E-state index is 0.237. The van der Waals surface area contributed by atoms with Gasteiger partial charge >= 0.3 is 0 Å². The van der Waals surface area contributed by atoms with Crippen LogP contribution in [0.3, 0.4) is 0 Å². The summed E-state index contributed by atoms with van der Waals surface area (Å²) in [6.07, 6.45) is 7.35. The van der Waals surface area contributed by atoms with Crippen molar-refractivity contribution in [2.45, 2.75) is 70.4 Å². The molecule has 5 heteroatoms. The van der Waals surface area contributed by atoms with Crippen molar-refractivity contribution in [3.05, 3.63) is 5.82 Å². The van der Waals surface area contributed by atoms with Gasteiger partial charge in [-0.2, -0.15) is 4.98 Å². The first-order valence-corrected chi connectivity index (χ1v) is 8.09. The first kappa shape index (κ1) is 13.9. The lowest BCUT2D eigenvalue weighted by Gasteiger charge is -2.36. The van der Waals surface area contributed by atoms with Gasteiger partial charge in [0, 0.05) is 24.5 Å². The molecule has 1 aromatic heterocycles. The summed E-state index contributed by atoms with van der Waals surface area (Å²) in [4.78, 5) is 7.03. The molecule has 2 atom stereocenters. The van der Waals surface area contributed by atoms with E-state index in [0.29, 0.717) is 12.0 Å². The van der Waals surface area contributed by atoms with Gasteiger partial charge < -0.3 is 10.6 Å². The van der Waals surface area contributed by atoms with Crippen LogP contribution in [0.5, 0.6) is 0 Å². The quantitative estimate of drug-likeness (QED) is 0.871. The Morgan fingerprint density at radius 1 is 1.15 bits per heavy atom. The van der Waals surface area contributed by atoms with E-state index in [1.165, 1.54) is 25.7 Å². The Kier molecular flexibility index (Phi) is 3.96. The van der Waals surface area contributed by atoms with Gasteiger partial charge in [0.05, 0.1) is 0 Å². The molecular formula is C15H27N5. The second kappa shape index (κ2) is 5.72.